The lowest BCUT2D eigenvalue weighted by Crippen LogP contribution is -2.32. The number of hydrogen-bond donors (Lipinski definition) is 2. The minimum absolute atomic E-state index is 0.00108. The zero-order chi connectivity index (χ0) is 23.3. The molecule has 2 aromatic carbocycles. The van der Waals surface area contributed by atoms with Crippen LogP contribution >= 0.6 is 23.2 Å². The van der Waals surface area contributed by atoms with Crippen molar-refractivity contribution < 1.29 is 14.3 Å². The second kappa shape index (κ2) is 11.1. The van der Waals surface area contributed by atoms with Gasteiger partial charge in [-0.1, -0.05) is 23.2 Å². The molecule has 0 radical (unpaired) electrons. The highest BCUT2D eigenvalue weighted by Gasteiger charge is 2.27. The molecule has 172 valence electrons. The summed E-state index contributed by atoms with van der Waals surface area (Å²) in [7, 11) is 1.44. The third-order valence-corrected chi connectivity index (χ3v) is 6.80. The average molecular weight is 477 g/mol. The first-order chi connectivity index (χ1) is 15.3. The minimum Gasteiger partial charge on any atom is -0.469 e. The number of esters is 1. The molecule has 1 atom stereocenters. The van der Waals surface area contributed by atoms with Gasteiger partial charge in [-0.3, -0.25) is 9.59 Å². The van der Waals surface area contributed by atoms with E-state index in [9.17, 15) is 9.59 Å². The number of aryl methyl sites for hydroxylation is 1. The van der Waals surface area contributed by atoms with Crippen molar-refractivity contribution in [3.8, 4) is 0 Å². The molecule has 0 aromatic heterocycles. The fourth-order valence-electron chi connectivity index (χ4n) is 4.23. The molecule has 0 unspecified atom stereocenters. The standard InChI is InChI=1S/C25H30Cl2N2O3/c1-15-12-19(24(30)28-14-17-4-6-18(7-5-17)25(31)32-3)8-11-23(15)29-16(2)21-13-20(26)9-10-22(21)27/h8-13,16-18,29H,4-7,14H2,1-3H3,(H,28,30)/t16-,17-,18-/m0/s1. The van der Waals surface area contributed by atoms with Gasteiger partial charge in [0.1, 0.15) is 0 Å². The van der Waals surface area contributed by atoms with E-state index in [0.717, 1.165) is 42.5 Å². The van der Waals surface area contributed by atoms with Crippen LogP contribution in [0.2, 0.25) is 10.0 Å². The number of ether oxygens (including phenoxy) is 1. The van der Waals surface area contributed by atoms with Gasteiger partial charge in [0.15, 0.2) is 0 Å². The third kappa shape index (κ3) is 6.17. The van der Waals surface area contributed by atoms with Crippen molar-refractivity contribution in [2.24, 2.45) is 11.8 Å². The molecule has 2 aromatic rings. The van der Waals surface area contributed by atoms with Crippen LogP contribution in [0.5, 0.6) is 0 Å². The van der Waals surface area contributed by atoms with Gasteiger partial charge in [0.25, 0.3) is 5.91 Å². The Kier molecular flexibility index (Phi) is 8.44. The molecule has 32 heavy (non-hydrogen) atoms. The van der Waals surface area contributed by atoms with Crippen molar-refractivity contribution in [3.63, 3.8) is 0 Å². The van der Waals surface area contributed by atoms with E-state index in [4.69, 9.17) is 27.9 Å². The first kappa shape index (κ1) is 24.4. The van der Waals surface area contributed by atoms with Crippen molar-refractivity contribution in [1.82, 2.24) is 5.32 Å². The first-order valence-electron chi connectivity index (χ1n) is 11.0. The first-order valence-corrected chi connectivity index (χ1v) is 11.7. The minimum atomic E-state index is -0.122. The van der Waals surface area contributed by atoms with Crippen molar-refractivity contribution in [3.05, 3.63) is 63.1 Å². The summed E-state index contributed by atoms with van der Waals surface area (Å²) in [4.78, 5) is 24.3. The summed E-state index contributed by atoms with van der Waals surface area (Å²) in [6.45, 7) is 4.61. The van der Waals surface area contributed by atoms with Crippen LogP contribution in [0.25, 0.3) is 0 Å². The highest BCUT2D eigenvalue weighted by Crippen LogP contribution is 2.31. The van der Waals surface area contributed by atoms with Gasteiger partial charge >= 0.3 is 5.97 Å². The molecule has 0 heterocycles. The molecule has 1 amide bonds. The highest BCUT2D eigenvalue weighted by atomic mass is 35.5. The Morgan fingerprint density at radius 1 is 1.09 bits per heavy atom. The fourth-order valence-corrected chi connectivity index (χ4v) is 4.69. The maximum atomic E-state index is 12.7. The van der Waals surface area contributed by atoms with Crippen molar-refractivity contribution in [1.29, 1.82) is 0 Å². The third-order valence-electron chi connectivity index (χ3n) is 6.22. The SMILES string of the molecule is COC(=O)[C@H]1CC[C@H](CNC(=O)c2ccc(N[C@@H](C)c3cc(Cl)ccc3Cl)c(C)c2)CC1. The van der Waals surface area contributed by atoms with Gasteiger partial charge < -0.3 is 15.4 Å². The molecule has 1 aliphatic carbocycles. The average Bonchev–Trinajstić information content (AvgIpc) is 2.80. The molecule has 0 spiro atoms. The van der Waals surface area contributed by atoms with Gasteiger partial charge in [0.2, 0.25) is 0 Å². The number of halogens is 2. The summed E-state index contributed by atoms with van der Waals surface area (Å²) in [6.07, 6.45) is 3.49. The van der Waals surface area contributed by atoms with Gasteiger partial charge in [0.05, 0.1) is 19.1 Å². The van der Waals surface area contributed by atoms with Crippen LogP contribution in [-0.4, -0.2) is 25.5 Å². The second-order valence-electron chi connectivity index (χ2n) is 8.51. The Bertz CT molecular complexity index is 972. The molecule has 0 saturated heterocycles. The monoisotopic (exact) mass is 476 g/mol. The normalized spacial score (nSPS) is 19.2. The maximum absolute atomic E-state index is 12.7. The van der Waals surface area contributed by atoms with Gasteiger partial charge in [-0.25, -0.2) is 0 Å². The van der Waals surface area contributed by atoms with Crippen molar-refractivity contribution >= 4 is 40.8 Å². The molecule has 5 nitrogen and oxygen atoms in total. The van der Waals surface area contributed by atoms with E-state index in [1.807, 2.05) is 38.1 Å². The fraction of sp³-hybridized carbons (Fsp3) is 0.440. The Labute approximate surface area is 199 Å². The molecular formula is C25H30Cl2N2O3. The van der Waals surface area contributed by atoms with E-state index in [2.05, 4.69) is 10.6 Å². The molecule has 7 heteroatoms. The molecule has 2 N–H and O–H groups in total. The van der Waals surface area contributed by atoms with Crippen LogP contribution < -0.4 is 10.6 Å². The smallest absolute Gasteiger partial charge is 0.308 e. The lowest BCUT2D eigenvalue weighted by Gasteiger charge is -2.27. The van der Waals surface area contributed by atoms with Crippen LogP contribution in [-0.2, 0) is 9.53 Å². The number of nitrogens with one attached hydrogen (secondary N) is 2. The number of hydrogen-bond acceptors (Lipinski definition) is 4. The molecule has 0 bridgehead atoms. The van der Waals surface area contributed by atoms with Crippen LogP contribution in [0.15, 0.2) is 36.4 Å². The summed E-state index contributed by atoms with van der Waals surface area (Å²) in [6, 6.07) is 11.0. The van der Waals surface area contributed by atoms with E-state index >= 15 is 0 Å². The van der Waals surface area contributed by atoms with Crippen LogP contribution in [0, 0.1) is 18.8 Å². The largest absolute Gasteiger partial charge is 0.469 e. The Hall–Kier alpha value is -2.24. The molecule has 3 rings (SSSR count). The number of benzene rings is 2. The predicted molar refractivity (Wildman–Crippen MR) is 129 cm³/mol. The van der Waals surface area contributed by atoms with Crippen LogP contribution in [0.4, 0.5) is 5.69 Å². The summed E-state index contributed by atoms with van der Waals surface area (Å²) >= 11 is 12.4. The van der Waals surface area contributed by atoms with Crippen molar-refractivity contribution in [2.75, 3.05) is 19.0 Å². The maximum Gasteiger partial charge on any atom is 0.308 e. The Balaban J connectivity index is 1.55. The summed E-state index contributed by atoms with van der Waals surface area (Å²) < 4.78 is 4.84. The molecular weight excluding hydrogens is 447 g/mol. The Morgan fingerprint density at radius 2 is 1.81 bits per heavy atom. The van der Waals surface area contributed by atoms with Gasteiger partial charge in [0, 0.05) is 27.8 Å². The number of amides is 1. The molecule has 0 aliphatic heterocycles. The van der Waals surface area contributed by atoms with Crippen molar-refractivity contribution in [2.45, 2.75) is 45.6 Å². The van der Waals surface area contributed by atoms with Gasteiger partial charge in [-0.05, 0) is 93.0 Å². The van der Waals surface area contributed by atoms with Gasteiger partial charge in [-0.15, -0.1) is 0 Å². The molecule has 1 aliphatic rings. The second-order valence-corrected chi connectivity index (χ2v) is 9.36. The summed E-state index contributed by atoms with van der Waals surface area (Å²) in [5, 5.41) is 7.79. The number of rotatable bonds is 7. The Morgan fingerprint density at radius 3 is 2.47 bits per heavy atom. The highest BCUT2D eigenvalue weighted by molar-refractivity contribution is 6.33. The van der Waals surface area contributed by atoms with E-state index < -0.39 is 0 Å². The number of methoxy groups -OCH3 is 1. The summed E-state index contributed by atoms with van der Waals surface area (Å²) in [5.41, 5.74) is 3.46. The number of carbonyl (C=O) groups is 2. The predicted octanol–water partition coefficient (Wildman–Crippen LogP) is 6.18. The van der Waals surface area contributed by atoms with E-state index in [1.54, 1.807) is 12.1 Å². The lowest BCUT2D eigenvalue weighted by molar-refractivity contribution is -0.146. The zero-order valence-corrected chi connectivity index (χ0v) is 20.2. The van der Waals surface area contributed by atoms with E-state index in [-0.39, 0.29) is 23.8 Å². The van der Waals surface area contributed by atoms with Gasteiger partial charge in [-0.2, -0.15) is 0 Å². The van der Waals surface area contributed by atoms with Crippen LogP contribution in [0.1, 0.15) is 60.1 Å². The van der Waals surface area contributed by atoms with Crippen LogP contribution in [0.3, 0.4) is 0 Å². The number of carbonyl (C=O) groups excluding carboxylic acids is 2. The quantitative estimate of drug-likeness (QED) is 0.467. The molecule has 1 fully saturated rings. The number of anilines is 1. The summed E-state index contributed by atoms with van der Waals surface area (Å²) in [5.74, 6) is 0.188. The van der Waals surface area contributed by atoms with E-state index in [1.165, 1.54) is 7.11 Å². The zero-order valence-electron chi connectivity index (χ0n) is 18.7. The molecule has 1 saturated carbocycles. The lowest BCUT2D eigenvalue weighted by atomic mass is 9.82. The van der Waals surface area contributed by atoms with E-state index in [0.29, 0.717) is 28.1 Å². The topological polar surface area (TPSA) is 67.4 Å².